The Morgan fingerprint density at radius 3 is 2.70 bits per heavy atom. The lowest BCUT2D eigenvalue weighted by Gasteiger charge is -2.36. The van der Waals surface area contributed by atoms with Gasteiger partial charge in [0.15, 0.2) is 6.23 Å². The third-order valence-electron chi connectivity index (χ3n) is 4.61. The van der Waals surface area contributed by atoms with Crippen molar-refractivity contribution < 1.29 is 34.1 Å². The van der Waals surface area contributed by atoms with E-state index in [-0.39, 0.29) is 19.1 Å². The van der Waals surface area contributed by atoms with Crippen molar-refractivity contribution in [1.29, 1.82) is 0 Å². The Labute approximate surface area is 179 Å². The highest BCUT2D eigenvalue weighted by molar-refractivity contribution is 7.99. The zero-order valence-corrected chi connectivity index (χ0v) is 17.7. The van der Waals surface area contributed by atoms with E-state index in [1.807, 2.05) is 30.3 Å². The highest BCUT2D eigenvalue weighted by Crippen LogP contribution is 2.19. The minimum atomic E-state index is -1.44. The van der Waals surface area contributed by atoms with Crippen LogP contribution in [0.25, 0.3) is 0 Å². The molecule has 1 saturated heterocycles. The molecule has 0 aliphatic carbocycles. The number of hydrogen-bond donors (Lipinski definition) is 3. The molecule has 0 bridgehead atoms. The van der Waals surface area contributed by atoms with E-state index in [4.69, 9.17) is 19.7 Å². The fourth-order valence-corrected chi connectivity index (χ4v) is 4.08. The second kappa shape index (κ2) is 12.4. The van der Waals surface area contributed by atoms with Crippen molar-refractivity contribution in [1.82, 2.24) is 10.2 Å². The molecule has 3 N–H and O–H groups in total. The molecule has 2 unspecified atom stereocenters. The summed E-state index contributed by atoms with van der Waals surface area (Å²) in [5, 5.41) is 20.8. The summed E-state index contributed by atoms with van der Waals surface area (Å²) in [7, 11) is 0. The fraction of sp³-hybridized carbons (Fsp3) is 0.550. The summed E-state index contributed by atoms with van der Waals surface area (Å²) in [6.45, 7) is 1.57. The zero-order valence-electron chi connectivity index (χ0n) is 16.9. The second-order valence-electron chi connectivity index (χ2n) is 6.80. The number of nitrogens with one attached hydrogen (secondary N) is 1. The number of carbonyl (C=O) groups is 3. The predicted octanol–water partition coefficient (Wildman–Crippen LogP) is 1.10. The number of nitrogens with zero attached hydrogens (tertiary/aromatic N) is 1. The highest BCUT2D eigenvalue weighted by Gasteiger charge is 2.34. The van der Waals surface area contributed by atoms with Crippen molar-refractivity contribution in [2.45, 2.75) is 38.1 Å². The van der Waals surface area contributed by atoms with Crippen LogP contribution in [0.3, 0.4) is 0 Å². The topological polar surface area (TPSA) is 125 Å². The maximum atomic E-state index is 12.9. The molecule has 10 heteroatoms. The summed E-state index contributed by atoms with van der Waals surface area (Å²) >= 11 is 1.51. The van der Waals surface area contributed by atoms with Crippen LogP contribution in [0, 0.1) is 0 Å². The lowest BCUT2D eigenvalue weighted by Crippen LogP contribution is -2.56. The number of amides is 1. The van der Waals surface area contributed by atoms with E-state index in [1.165, 1.54) is 16.7 Å². The minimum absolute atomic E-state index is 0.122. The first-order valence-electron chi connectivity index (χ1n) is 9.77. The number of rotatable bonds is 10. The number of carbonyl (C=O) groups excluding carboxylic acids is 2. The molecule has 166 valence electrons. The number of carboxylic acid groups (broad SMARTS) is 1. The number of ether oxygens (including phenoxy) is 2. The third kappa shape index (κ3) is 7.51. The van der Waals surface area contributed by atoms with Crippen molar-refractivity contribution in [3.63, 3.8) is 0 Å². The molecule has 9 nitrogen and oxygen atoms in total. The molecule has 1 fully saturated rings. The maximum Gasteiger partial charge on any atom is 0.507 e. The number of esters is 1. The molecule has 0 saturated carbocycles. The Bertz CT molecular complexity index is 704. The Kier molecular flexibility index (Phi) is 9.92. The summed E-state index contributed by atoms with van der Waals surface area (Å²) < 4.78 is 9.90. The van der Waals surface area contributed by atoms with E-state index in [9.17, 15) is 14.4 Å². The molecule has 1 heterocycles. The Morgan fingerprint density at radius 1 is 1.30 bits per heavy atom. The summed E-state index contributed by atoms with van der Waals surface area (Å²) in [5.41, 5.74) is 1.04. The highest BCUT2D eigenvalue weighted by atomic mass is 32.2. The quantitative estimate of drug-likeness (QED) is 0.459. The summed E-state index contributed by atoms with van der Waals surface area (Å²) in [5.74, 6) is 0.141. The van der Waals surface area contributed by atoms with Crippen LogP contribution in [0.4, 0.5) is 4.79 Å². The molecule has 0 radical (unpaired) electrons. The number of aliphatic hydroxyl groups excluding tert-OH is 1. The van der Waals surface area contributed by atoms with Crippen LogP contribution >= 0.6 is 11.8 Å². The first kappa shape index (κ1) is 24.0. The number of benzene rings is 1. The summed E-state index contributed by atoms with van der Waals surface area (Å²) in [6, 6.07) is 8.11. The standard InChI is InChI=1S/C20H28N2O7S/c1-14(18(24)22-9-12-30-13-17(22)29-20(26)27)21-16(19(25)28-11-10-23)8-7-15-5-3-2-4-6-15/h2-6,14,16-17,21,23H,7-13H2,1H3,(H,26,27)/t14-,16?,17?/m0/s1. The molecule has 1 aliphatic heterocycles. The lowest BCUT2D eigenvalue weighted by atomic mass is 10.0. The summed E-state index contributed by atoms with van der Waals surface area (Å²) in [6.07, 6.45) is -1.30. The molecular formula is C20H28N2O7S. The molecule has 1 aliphatic rings. The van der Waals surface area contributed by atoms with Crippen LogP contribution in [0.15, 0.2) is 30.3 Å². The number of aliphatic hydroxyl groups is 1. The minimum Gasteiger partial charge on any atom is -0.462 e. The van der Waals surface area contributed by atoms with E-state index < -0.39 is 30.4 Å². The van der Waals surface area contributed by atoms with E-state index >= 15 is 0 Å². The Hall–Kier alpha value is -2.30. The van der Waals surface area contributed by atoms with Gasteiger partial charge >= 0.3 is 12.1 Å². The van der Waals surface area contributed by atoms with Gasteiger partial charge in [0.05, 0.1) is 18.4 Å². The normalized spacial score (nSPS) is 18.3. The molecule has 3 atom stereocenters. The zero-order chi connectivity index (χ0) is 21.9. The summed E-state index contributed by atoms with van der Waals surface area (Å²) in [4.78, 5) is 37.7. The van der Waals surface area contributed by atoms with Crippen molar-refractivity contribution >= 4 is 29.8 Å². The largest absolute Gasteiger partial charge is 0.507 e. The van der Waals surface area contributed by atoms with Gasteiger partial charge in [-0.3, -0.25) is 14.9 Å². The number of hydrogen-bond acceptors (Lipinski definition) is 8. The number of aryl methyl sites for hydroxylation is 1. The molecule has 1 amide bonds. The van der Waals surface area contributed by atoms with Gasteiger partial charge in [0.1, 0.15) is 12.6 Å². The van der Waals surface area contributed by atoms with E-state index in [0.717, 1.165) is 5.56 Å². The SMILES string of the molecule is C[C@H](NC(CCc1ccccc1)C(=O)OCCO)C(=O)N1CCSCC1OC(=O)O. The van der Waals surface area contributed by atoms with Gasteiger partial charge in [0.25, 0.3) is 0 Å². The Morgan fingerprint density at radius 2 is 2.03 bits per heavy atom. The molecule has 1 aromatic carbocycles. The second-order valence-corrected chi connectivity index (χ2v) is 7.95. The van der Waals surface area contributed by atoms with Crippen LogP contribution in [-0.4, -0.2) is 82.7 Å². The average molecular weight is 441 g/mol. The molecule has 0 spiro atoms. The van der Waals surface area contributed by atoms with Crippen LogP contribution in [0.5, 0.6) is 0 Å². The third-order valence-corrected chi connectivity index (χ3v) is 5.60. The van der Waals surface area contributed by atoms with Gasteiger partial charge < -0.3 is 24.6 Å². The van der Waals surface area contributed by atoms with Crippen LogP contribution < -0.4 is 5.32 Å². The molecule has 1 aromatic rings. The van der Waals surface area contributed by atoms with Crippen molar-refractivity contribution in [2.24, 2.45) is 0 Å². The fourth-order valence-electron chi connectivity index (χ4n) is 3.14. The first-order chi connectivity index (χ1) is 14.4. The molecular weight excluding hydrogens is 412 g/mol. The van der Waals surface area contributed by atoms with Gasteiger partial charge in [0, 0.05) is 12.3 Å². The van der Waals surface area contributed by atoms with Gasteiger partial charge in [-0.05, 0) is 25.3 Å². The van der Waals surface area contributed by atoms with Gasteiger partial charge in [-0.1, -0.05) is 30.3 Å². The van der Waals surface area contributed by atoms with Gasteiger partial charge in [0.2, 0.25) is 5.91 Å². The van der Waals surface area contributed by atoms with Gasteiger partial charge in [-0.15, -0.1) is 0 Å². The van der Waals surface area contributed by atoms with E-state index in [2.05, 4.69) is 5.32 Å². The van der Waals surface area contributed by atoms with Crippen molar-refractivity contribution in [2.75, 3.05) is 31.3 Å². The van der Waals surface area contributed by atoms with Crippen molar-refractivity contribution in [3.05, 3.63) is 35.9 Å². The monoisotopic (exact) mass is 440 g/mol. The van der Waals surface area contributed by atoms with Gasteiger partial charge in [-0.2, -0.15) is 11.8 Å². The van der Waals surface area contributed by atoms with Gasteiger partial charge in [-0.25, -0.2) is 4.79 Å². The van der Waals surface area contributed by atoms with E-state index in [1.54, 1.807) is 6.92 Å². The first-order valence-corrected chi connectivity index (χ1v) is 10.9. The molecule has 2 rings (SSSR count). The smallest absolute Gasteiger partial charge is 0.462 e. The Balaban J connectivity index is 2.03. The molecule has 30 heavy (non-hydrogen) atoms. The predicted molar refractivity (Wildman–Crippen MR) is 111 cm³/mol. The lowest BCUT2D eigenvalue weighted by molar-refractivity contribution is -0.148. The van der Waals surface area contributed by atoms with E-state index in [0.29, 0.717) is 30.9 Å². The molecule has 0 aromatic heterocycles. The van der Waals surface area contributed by atoms with Crippen molar-refractivity contribution in [3.8, 4) is 0 Å². The average Bonchev–Trinajstić information content (AvgIpc) is 2.75. The van der Waals surface area contributed by atoms with Crippen LogP contribution in [0.2, 0.25) is 0 Å². The van der Waals surface area contributed by atoms with Crippen LogP contribution in [0.1, 0.15) is 18.9 Å². The maximum absolute atomic E-state index is 12.9. The van der Waals surface area contributed by atoms with Crippen LogP contribution in [-0.2, 0) is 25.5 Å². The number of thioether (sulfide) groups is 1.